The smallest absolute Gasteiger partial charge is 0.258 e. The van der Waals surface area contributed by atoms with Gasteiger partial charge < -0.3 is 10.1 Å². The lowest BCUT2D eigenvalue weighted by molar-refractivity contribution is -0.123. The van der Waals surface area contributed by atoms with Gasteiger partial charge in [-0.15, -0.1) is 0 Å². The van der Waals surface area contributed by atoms with Crippen molar-refractivity contribution < 1.29 is 9.53 Å². The van der Waals surface area contributed by atoms with Crippen LogP contribution in [0, 0.1) is 0 Å². The fraction of sp³-hybridized carbons (Fsp3) is 0.267. The van der Waals surface area contributed by atoms with Gasteiger partial charge in [-0.25, -0.2) is 0 Å². The van der Waals surface area contributed by atoms with Crippen molar-refractivity contribution in [2.45, 2.75) is 19.9 Å². The maximum absolute atomic E-state index is 11.5. The van der Waals surface area contributed by atoms with Gasteiger partial charge in [0, 0.05) is 6.04 Å². The maximum Gasteiger partial charge on any atom is 0.258 e. The Balaban J connectivity index is 2.01. The molecule has 0 bridgehead atoms. The summed E-state index contributed by atoms with van der Waals surface area (Å²) in [6.07, 6.45) is 0. The second-order valence-electron chi connectivity index (χ2n) is 4.52. The molecule has 0 saturated carbocycles. The van der Waals surface area contributed by atoms with Gasteiger partial charge in [0.15, 0.2) is 6.61 Å². The molecule has 0 aliphatic rings. The van der Waals surface area contributed by atoms with Crippen LogP contribution in [0.25, 0.3) is 10.8 Å². The predicted molar refractivity (Wildman–Crippen MR) is 72.7 cm³/mol. The summed E-state index contributed by atoms with van der Waals surface area (Å²) in [7, 11) is 0. The van der Waals surface area contributed by atoms with Gasteiger partial charge in [-0.05, 0) is 36.8 Å². The van der Waals surface area contributed by atoms with E-state index in [1.54, 1.807) is 0 Å². The van der Waals surface area contributed by atoms with Gasteiger partial charge in [-0.3, -0.25) is 4.79 Å². The van der Waals surface area contributed by atoms with E-state index in [0.29, 0.717) is 5.75 Å². The molecule has 0 saturated heterocycles. The summed E-state index contributed by atoms with van der Waals surface area (Å²) in [4.78, 5) is 11.5. The van der Waals surface area contributed by atoms with Gasteiger partial charge in [0.25, 0.3) is 5.91 Å². The topological polar surface area (TPSA) is 38.3 Å². The van der Waals surface area contributed by atoms with Gasteiger partial charge in [0.2, 0.25) is 0 Å². The highest BCUT2D eigenvalue weighted by molar-refractivity contribution is 5.84. The average Bonchev–Trinajstić information content (AvgIpc) is 2.35. The minimum absolute atomic E-state index is 0.0521. The van der Waals surface area contributed by atoms with Crippen molar-refractivity contribution in [3.05, 3.63) is 42.5 Å². The Morgan fingerprint density at radius 3 is 2.61 bits per heavy atom. The first-order valence-corrected chi connectivity index (χ1v) is 6.06. The number of amides is 1. The van der Waals surface area contributed by atoms with Crippen molar-refractivity contribution in [3.8, 4) is 5.75 Å². The highest BCUT2D eigenvalue weighted by Gasteiger charge is 2.04. The number of ether oxygens (including phenoxy) is 1. The summed E-state index contributed by atoms with van der Waals surface area (Å²) in [5, 5.41) is 5.06. The lowest BCUT2D eigenvalue weighted by Crippen LogP contribution is -2.34. The second-order valence-corrected chi connectivity index (χ2v) is 4.52. The van der Waals surface area contributed by atoms with Crippen molar-refractivity contribution in [2.24, 2.45) is 0 Å². The van der Waals surface area contributed by atoms with Crippen molar-refractivity contribution in [1.82, 2.24) is 5.32 Å². The van der Waals surface area contributed by atoms with E-state index >= 15 is 0 Å². The summed E-state index contributed by atoms with van der Waals surface area (Å²) >= 11 is 0. The zero-order valence-corrected chi connectivity index (χ0v) is 10.6. The van der Waals surface area contributed by atoms with E-state index in [-0.39, 0.29) is 18.6 Å². The Bertz CT molecular complexity index is 549. The Morgan fingerprint density at radius 1 is 1.17 bits per heavy atom. The third kappa shape index (κ3) is 3.23. The van der Waals surface area contributed by atoms with Crippen LogP contribution in [-0.2, 0) is 4.79 Å². The van der Waals surface area contributed by atoms with E-state index in [1.807, 2.05) is 56.3 Å². The number of carbonyl (C=O) groups excluding carboxylic acids is 1. The van der Waals surface area contributed by atoms with E-state index in [1.165, 1.54) is 0 Å². The van der Waals surface area contributed by atoms with Crippen molar-refractivity contribution in [2.75, 3.05) is 6.61 Å². The molecule has 3 heteroatoms. The second kappa shape index (κ2) is 5.54. The number of hydrogen-bond acceptors (Lipinski definition) is 2. The molecule has 2 aromatic carbocycles. The lowest BCUT2D eigenvalue weighted by Gasteiger charge is -2.10. The minimum Gasteiger partial charge on any atom is -0.484 e. The van der Waals surface area contributed by atoms with E-state index in [2.05, 4.69) is 5.32 Å². The van der Waals surface area contributed by atoms with Crippen LogP contribution in [-0.4, -0.2) is 18.6 Å². The Kier molecular flexibility index (Phi) is 3.82. The van der Waals surface area contributed by atoms with Gasteiger partial charge in [0.05, 0.1) is 0 Å². The third-order valence-electron chi connectivity index (χ3n) is 2.54. The van der Waals surface area contributed by atoms with Crippen LogP contribution < -0.4 is 10.1 Å². The predicted octanol–water partition coefficient (Wildman–Crippen LogP) is 2.74. The Morgan fingerprint density at radius 2 is 1.89 bits per heavy atom. The summed E-state index contributed by atoms with van der Waals surface area (Å²) in [6, 6.07) is 14.0. The third-order valence-corrected chi connectivity index (χ3v) is 2.54. The molecule has 0 spiro atoms. The molecule has 0 atom stereocenters. The van der Waals surface area contributed by atoms with Gasteiger partial charge in [0.1, 0.15) is 5.75 Å². The molecule has 0 aromatic heterocycles. The summed E-state index contributed by atoms with van der Waals surface area (Å²) in [5.74, 6) is 0.616. The van der Waals surface area contributed by atoms with E-state index in [9.17, 15) is 4.79 Å². The molecule has 0 unspecified atom stereocenters. The maximum atomic E-state index is 11.5. The molecule has 1 amide bonds. The first-order valence-electron chi connectivity index (χ1n) is 6.06. The van der Waals surface area contributed by atoms with Crippen molar-refractivity contribution in [1.29, 1.82) is 0 Å². The molecule has 0 radical (unpaired) electrons. The normalized spacial score (nSPS) is 10.6. The molecular weight excluding hydrogens is 226 g/mol. The Labute approximate surface area is 107 Å². The van der Waals surface area contributed by atoms with Gasteiger partial charge >= 0.3 is 0 Å². The van der Waals surface area contributed by atoms with E-state index in [4.69, 9.17) is 4.74 Å². The number of carbonyl (C=O) groups is 1. The highest BCUT2D eigenvalue weighted by Crippen LogP contribution is 2.20. The van der Waals surface area contributed by atoms with Crippen LogP contribution in [0.5, 0.6) is 5.75 Å². The zero-order chi connectivity index (χ0) is 13.0. The van der Waals surface area contributed by atoms with Gasteiger partial charge in [-0.2, -0.15) is 0 Å². The molecule has 2 aromatic rings. The molecule has 0 heterocycles. The number of benzene rings is 2. The number of rotatable bonds is 4. The Hall–Kier alpha value is -2.03. The van der Waals surface area contributed by atoms with E-state index < -0.39 is 0 Å². The SMILES string of the molecule is CC(C)NC(=O)COc1ccc2ccccc2c1. The monoisotopic (exact) mass is 243 g/mol. The van der Waals surface area contributed by atoms with Crippen molar-refractivity contribution in [3.63, 3.8) is 0 Å². The highest BCUT2D eigenvalue weighted by atomic mass is 16.5. The van der Waals surface area contributed by atoms with Crippen LogP contribution in [0.3, 0.4) is 0 Å². The number of nitrogens with one attached hydrogen (secondary N) is 1. The molecule has 0 aliphatic carbocycles. The molecule has 1 N–H and O–H groups in total. The van der Waals surface area contributed by atoms with Crippen LogP contribution in [0.2, 0.25) is 0 Å². The first-order chi connectivity index (χ1) is 8.65. The van der Waals surface area contributed by atoms with Crippen LogP contribution in [0.1, 0.15) is 13.8 Å². The lowest BCUT2D eigenvalue weighted by atomic mass is 10.1. The van der Waals surface area contributed by atoms with Crippen LogP contribution >= 0.6 is 0 Å². The van der Waals surface area contributed by atoms with Gasteiger partial charge in [-0.1, -0.05) is 30.3 Å². The summed E-state index contributed by atoms with van der Waals surface area (Å²) in [6.45, 7) is 3.90. The average molecular weight is 243 g/mol. The molecular formula is C15H17NO2. The van der Waals surface area contributed by atoms with Crippen molar-refractivity contribution >= 4 is 16.7 Å². The standard InChI is InChI=1S/C15H17NO2/c1-11(2)16-15(17)10-18-14-8-7-12-5-3-4-6-13(12)9-14/h3-9,11H,10H2,1-2H3,(H,16,17). The molecule has 94 valence electrons. The zero-order valence-electron chi connectivity index (χ0n) is 10.6. The fourth-order valence-electron chi connectivity index (χ4n) is 1.77. The summed E-state index contributed by atoms with van der Waals surface area (Å²) in [5.41, 5.74) is 0. The minimum atomic E-state index is -0.0989. The molecule has 0 fully saturated rings. The quantitative estimate of drug-likeness (QED) is 0.896. The number of fused-ring (bicyclic) bond motifs is 1. The molecule has 0 aliphatic heterocycles. The van der Waals surface area contributed by atoms with Crippen LogP contribution in [0.15, 0.2) is 42.5 Å². The molecule has 2 rings (SSSR count). The van der Waals surface area contributed by atoms with Crippen LogP contribution in [0.4, 0.5) is 0 Å². The first kappa shape index (κ1) is 12.4. The summed E-state index contributed by atoms with van der Waals surface area (Å²) < 4.78 is 5.46. The largest absolute Gasteiger partial charge is 0.484 e. The molecule has 3 nitrogen and oxygen atoms in total. The number of hydrogen-bond donors (Lipinski definition) is 1. The van der Waals surface area contributed by atoms with E-state index in [0.717, 1.165) is 10.8 Å². The fourth-order valence-corrected chi connectivity index (χ4v) is 1.77. The molecule has 18 heavy (non-hydrogen) atoms.